The molecule has 2 N–H and O–H groups in total. The van der Waals surface area contributed by atoms with Gasteiger partial charge in [0.1, 0.15) is 24.5 Å². The monoisotopic (exact) mass is 542 g/mol. The number of hydrogen-bond acceptors (Lipinski definition) is 8. The SMILES string of the molecule is CN(C(=O)OC(C)(C)C)c1ccc2ncc(-c3cccc(NC(=O)COCCOCCOCC(=O)O)c3)n2c1. The normalized spacial score (nSPS) is 11.4. The number of amides is 2. The summed E-state index contributed by atoms with van der Waals surface area (Å²) in [6.07, 6.45) is 3.07. The van der Waals surface area contributed by atoms with Crippen LogP contribution in [0.2, 0.25) is 0 Å². The van der Waals surface area contributed by atoms with Gasteiger partial charge in [0.2, 0.25) is 5.91 Å². The number of pyridine rings is 1. The van der Waals surface area contributed by atoms with E-state index >= 15 is 0 Å². The zero-order valence-electron chi connectivity index (χ0n) is 22.5. The van der Waals surface area contributed by atoms with Gasteiger partial charge >= 0.3 is 12.1 Å². The standard InChI is InChI=1S/C27H34N4O8/c1-27(2,3)39-26(35)30(4)21-8-9-23-28-15-22(31(23)16-21)19-6-5-7-20(14-19)29-24(32)17-37-12-10-36-11-13-38-18-25(33)34/h5-9,14-16H,10-13,17-18H2,1-4H3,(H,29,32)(H,33,34). The van der Waals surface area contributed by atoms with Gasteiger partial charge in [0.25, 0.3) is 0 Å². The Morgan fingerprint density at radius 3 is 2.38 bits per heavy atom. The highest BCUT2D eigenvalue weighted by molar-refractivity contribution is 5.92. The van der Waals surface area contributed by atoms with E-state index in [1.165, 1.54) is 4.90 Å². The van der Waals surface area contributed by atoms with E-state index < -0.39 is 17.7 Å². The fourth-order valence-corrected chi connectivity index (χ4v) is 3.43. The van der Waals surface area contributed by atoms with Crippen molar-refractivity contribution in [3.63, 3.8) is 0 Å². The first-order chi connectivity index (χ1) is 18.5. The van der Waals surface area contributed by atoms with Crippen molar-refractivity contribution in [2.75, 3.05) is 56.9 Å². The lowest BCUT2D eigenvalue weighted by atomic mass is 10.1. The molecule has 3 rings (SSSR count). The van der Waals surface area contributed by atoms with Crippen molar-refractivity contribution in [3.05, 3.63) is 48.8 Å². The molecule has 0 fully saturated rings. The van der Waals surface area contributed by atoms with Crippen molar-refractivity contribution in [1.29, 1.82) is 0 Å². The highest BCUT2D eigenvalue weighted by Gasteiger charge is 2.21. The molecule has 0 aliphatic rings. The molecule has 0 saturated heterocycles. The van der Waals surface area contributed by atoms with Crippen molar-refractivity contribution in [3.8, 4) is 11.3 Å². The summed E-state index contributed by atoms with van der Waals surface area (Å²) in [6.45, 7) is 5.76. The molecule has 0 radical (unpaired) electrons. The van der Waals surface area contributed by atoms with Gasteiger partial charge in [-0.1, -0.05) is 12.1 Å². The van der Waals surface area contributed by atoms with Crippen LogP contribution in [0.3, 0.4) is 0 Å². The van der Waals surface area contributed by atoms with Crippen LogP contribution in [0.1, 0.15) is 20.8 Å². The number of aliphatic carboxylic acids is 1. The minimum absolute atomic E-state index is 0.154. The number of aromatic nitrogens is 2. The fourth-order valence-electron chi connectivity index (χ4n) is 3.43. The molecule has 0 aliphatic carbocycles. The molecule has 0 unspecified atom stereocenters. The average molecular weight is 543 g/mol. The van der Waals surface area contributed by atoms with Gasteiger partial charge in [-0.2, -0.15) is 0 Å². The van der Waals surface area contributed by atoms with E-state index in [0.717, 1.165) is 11.3 Å². The molecule has 39 heavy (non-hydrogen) atoms. The van der Waals surface area contributed by atoms with E-state index in [0.29, 0.717) is 17.0 Å². The lowest BCUT2D eigenvalue weighted by molar-refractivity contribution is -0.142. The summed E-state index contributed by atoms with van der Waals surface area (Å²) in [5.41, 5.74) is 2.90. The summed E-state index contributed by atoms with van der Waals surface area (Å²) >= 11 is 0. The number of ether oxygens (including phenoxy) is 4. The molecule has 12 nitrogen and oxygen atoms in total. The first kappa shape index (κ1) is 29.6. The summed E-state index contributed by atoms with van der Waals surface area (Å²) in [5, 5.41) is 11.3. The second kappa shape index (κ2) is 13.7. The minimum atomic E-state index is -1.04. The van der Waals surface area contributed by atoms with Gasteiger partial charge in [0.15, 0.2) is 0 Å². The van der Waals surface area contributed by atoms with E-state index in [-0.39, 0.29) is 45.5 Å². The average Bonchev–Trinajstić information content (AvgIpc) is 3.29. The number of carbonyl (C=O) groups excluding carboxylic acids is 2. The van der Waals surface area contributed by atoms with Gasteiger partial charge in [-0.15, -0.1) is 0 Å². The Kier molecular flexibility index (Phi) is 10.4. The number of nitrogens with zero attached hydrogens (tertiary/aromatic N) is 3. The number of rotatable bonds is 13. The van der Waals surface area contributed by atoms with Crippen LogP contribution in [0.25, 0.3) is 16.9 Å². The molecule has 0 bridgehead atoms. The van der Waals surface area contributed by atoms with E-state index in [1.54, 1.807) is 31.6 Å². The first-order valence-corrected chi connectivity index (χ1v) is 12.3. The van der Waals surface area contributed by atoms with Gasteiger partial charge in [0.05, 0.1) is 44.0 Å². The van der Waals surface area contributed by atoms with Crippen LogP contribution in [-0.4, -0.2) is 84.8 Å². The van der Waals surface area contributed by atoms with Crippen LogP contribution in [0, 0.1) is 0 Å². The number of nitrogens with one attached hydrogen (secondary N) is 1. The number of anilines is 2. The maximum Gasteiger partial charge on any atom is 0.414 e. The van der Waals surface area contributed by atoms with Gasteiger partial charge in [0, 0.05) is 24.5 Å². The Morgan fingerprint density at radius 1 is 1.00 bits per heavy atom. The number of imidazole rings is 1. The highest BCUT2D eigenvalue weighted by atomic mass is 16.6. The minimum Gasteiger partial charge on any atom is -0.480 e. The molecule has 2 amide bonds. The van der Waals surface area contributed by atoms with Gasteiger partial charge in [-0.3, -0.25) is 14.1 Å². The largest absolute Gasteiger partial charge is 0.480 e. The molecule has 1 aromatic carbocycles. The van der Waals surface area contributed by atoms with E-state index in [9.17, 15) is 14.4 Å². The third-order valence-electron chi connectivity index (χ3n) is 5.19. The van der Waals surface area contributed by atoms with E-state index in [2.05, 4.69) is 10.3 Å². The predicted molar refractivity (Wildman–Crippen MR) is 144 cm³/mol. The van der Waals surface area contributed by atoms with Crippen LogP contribution >= 0.6 is 0 Å². The molecule has 0 atom stereocenters. The summed E-state index contributed by atoms with van der Waals surface area (Å²) in [4.78, 5) is 41.1. The summed E-state index contributed by atoms with van der Waals surface area (Å²) < 4.78 is 22.8. The zero-order chi connectivity index (χ0) is 28.4. The Hall–Kier alpha value is -4.00. The van der Waals surface area contributed by atoms with Crippen molar-refractivity contribution in [1.82, 2.24) is 9.38 Å². The van der Waals surface area contributed by atoms with Crippen molar-refractivity contribution in [2.24, 2.45) is 0 Å². The molecule has 0 saturated carbocycles. The molecule has 0 spiro atoms. The van der Waals surface area contributed by atoms with Crippen LogP contribution in [-0.2, 0) is 28.5 Å². The maximum atomic E-state index is 12.5. The second-order valence-electron chi connectivity index (χ2n) is 9.54. The first-order valence-electron chi connectivity index (χ1n) is 12.3. The Balaban J connectivity index is 1.56. The topological polar surface area (TPSA) is 141 Å². The van der Waals surface area contributed by atoms with Crippen LogP contribution in [0.4, 0.5) is 16.2 Å². The molecule has 2 aromatic heterocycles. The van der Waals surface area contributed by atoms with Crippen molar-refractivity contribution in [2.45, 2.75) is 26.4 Å². The van der Waals surface area contributed by atoms with Crippen molar-refractivity contribution < 1.29 is 38.4 Å². The number of carbonyl (C=O) groups is 3. The smallest absolute Gasteiger partial charge is 0.414 e. The van der Waals surface area contributed by atoms with Gasteiger partial charge in [-0.25, -0.2) is 14.6 Å². The Morgan fingerprint density at radius 2 is 1.69 bits per heavy atom. The van der Waals surface area contributed by atoms with E-state index in [1.807, 2.05) is 49.4 Å². The third kappa shape index (κ3) is 9.36. The van der Waals surface area contributed by atoms with Crippen LogP contribution in [0.5, 0.6) is 0 Å². The Bertz CT molecular complexity index is 1280. The molecule has 12 heteroatoms. The van der Waals surface area contributed by atoms with Crippen LogP contribution in [0.15, 0.2) is 48.8 Å². The lowest BCUT2D eigenvalue weighted by Gasteiger charge is -2.24. The molecule has 2 heterocycles. The zero-order valence-corrected chi connectivity index (χ0v) is 22.5. The molecule has 3 aromatic rings. The predicted octanol–water partition coefficient (Wildman–Crippen LogP) is 3.45. The third-order valence-corrected chi connectivity index (χ3v) is 5.19. The number of carboxylic acid groups (broad SMARTS) is 1. The summed E-state index contributed by atoms with van der Waals surface area (Å²) in [7, 11) is 1.65. The number of fused-ring (bicyclic) bond motifs is 1. The molecular formula is C27H34N4O8. The van der Waals surface area contributed by atoms with Crippen molar-refractivity contribution >= 4 is 35.0 Å². The van der Waals surface area contributed by atoms with Gasteiger partial charge < -0.3 is 29.4 Å². The van der Waals surface area contributed by atoms with E-state index in [4.69, 9.17) is 24.1 Å². The molecule has 210 valence electrons. The quantitative estimate of drug-likeness (QED) is 0.311. The Labute approximate surface area is 226 Å². The molecular weight excluding hydrogens is 508 g/mol. The van der Waals surface area contributed by atoms with Gasteiger partial charge in [-0.05, 0) is 45.0 Å². The summed E-state index contributed by atoms with van der Waals surface area (Å²) in [6, 6.07) is 10.9. The molecule has 0 aliphatic heterocycles. The van der Waals surface area contributed by atoms with Crippen LogP contribution < -0.4 is 10.2 Å². The lowest BCUT2D eigenvalue weighted by Crippen LogP contribution is -2.34. The summed E-state index contributed by atoms with van der Waals surface area (Å²) in [5.74, 6) is -1.36. The maximum absolute atomic E-state index is 12.5. The number of carboxylic acids is 1. The fraction of sp³-hybridized carbons (Fsp3) is 0.407. The number of hydrogen-bond donors (Lipinski definition) is 2. The second-order valence-corrected chi connectivity index (χ2v) is 9.54. The highest BCUT2D eigenvalue weighted by Crippen LogP contribution is 2.26. The number of benzene rings is 1.